The van der Waals surface area contributed by atoms with Gasteiger partial charge in [-0.15, -0.1) is 0 Å². The maximum atomic E-state index is 6.63. The number of hydrogen-bond acceptors (Lipinski definition) is 4. The molecule has 262 valence electrons. The highest BCUT2D eigenvalue weighted by Gasteiger charge is 2.28. The smallest absolute Gasteiger partial charge is 0.179 e. The molecule has 2 heterocycles. The van der Waals surface area contributed by atoms with Gasteiger partial charge in [-0.3, -0.25) is 0 Å². The lowest BCUT2D eigenvalue weighted by Gasteiger charge is -2.17. The molecular formula is C49H39N3O2. The van der Waals surface area contributed by atoms with Gasteiger partial charge in [0.2, 0.25) is 0 Å². The first-order chi connectivity index (χ1) is 26.6. The highest BCUT2D eigenvalue weighted by Crippen LogP contribution is 2.43. The van der Waals surface area contributed by atoms with Crippen LogP contribution in [-0.2, 0) is 19.3 Å². The van der Waals surface area contributed by atoms with Crippen LogP contribution in [0.1, 0.15) is 64.7 Å². The number of aryl methyl sites for hydroxylation is 2. The van der Waals surface area contributed by atoms with Gasteiger partial charge in [0.25, 0.3) is 0 Å². The minimum atomic E-state index is 0.418. The summed E-state index contributed by atoms with van der Waals surface area (Å²) >= 11 is 0. The van der Waals surface area contributed by atoms with Gasteiger partial charge in [-0.2, -0.15) is 5.10 Å². The van der Waals surface area contributed by atoms with E-state index in [2.05, 4.69) is 146 Å². The maximum absolute atomic E-state index is 6.63. The number of nitrogens with two attached hydrogens (primary N) is 1. The van der Waals surface area contributed by atoms with Crippen molar-refractivity contribution >= 4 is 51.2 Å². The quantitative estimate of drug-likeness (QED) is 0.0840. The Balaban J connectivity index is 1.16. The summed E-state index contributed by atoms with van der Waals surface area (Å²) in [7, 11) is 0. The number of benzene rings is 5. The predicted molar refractivity (Wildman–Crippen MR) is 223 cm³/mol. The summed E-state index contributed by atoms with van der Waals surface area (Å²) in [6, 6.07) is 38.5. The monoisotopic (exact) mass is 701 g/mol. The summed E-state index contributed by atoms with van der Waals surface area (Å²) in [6.45, 7) is 2.22. The summed E-state index contributed by atoms with van der Waals surface area (Å²) < 4.78 is 13.1. The molecule has 0 fully saturated rings. The first-order valence-corrected chi connectivity index (χ1v) is 18.9. The molecule has 5 nitrogen and oxygen atoms in total. The average molecular weight is 702 g/mol. The molecule has 54 heavy (non-hydrogen) atoms. The third kappa shape index (κ3) is 5.47. The van der Waals surface area contributed by atoms with E-state index in [1.807, 2.05) is 6.07 Å². The summed E-state index contributed by atoms with van der Waals surface area (Å²) in [5, 5.41) is 6.57. The van der Waals surface area contributed by atoms with Crippen LogP contribution >= 0.6 is 0 Å². The second-order valence-corrected chi connectivity index (χ2v) is 14.6. The van der Waals surface area contributed by atoms with Gasteiger partial charge in [-0.1, -0.05) is 122 Å². The Morgan fingerprint density at radius 3 is 2.41 bits per heavy atom. The largest absolute Gasteiger partial charge is 0.460 e. The molecule has 10 rings (SSSR count). The Bertz CT molecular complexity index is 2770. The van der Waals surface area contributed by atoms with Gasteiger partial charge in [0.15, 0.2) is 5.84 Å². The maximum Gasteiger partial charge on any atom is 0.179 e. The van der Waals surface area contributed by atoms with E-state index in [0.717, 1.165) is 116 Å². The highest BCUT2D eigenvalue weighted by molar-refractivity contribution is 6.33. The van der Waals surface area contributed by atoms with Crippen LogP contribution < -0.4 is 5.84 Å². The fourth-order valence-corrected chi connectivity index (χ4v) is 8.53. The fraction of sp³-hybridized carbons (Fsp3) is 0.143. The van der Waals surface area contributed by atoms with Crippen LogP contribution in [-0.4, -0.2) is 11.5 Å². The van der Waals surface area contributed by atoms with Crippen LogP contribution in [0.5, 0.6) is 0 Å². The molecule has 3 aliphatic rings. The van der Waals surface area contributed by atoms with Crippen molar-refractivity contribution in [3.63, 3.8) is 0 Å². The second-order valence-electron chi connectivity index (χ2n) is 14.6. The van der Waals surface area contributed by atoms with E-state index in [-0.39, 0.29) is 0 Å². The molecule has 7 aromatic rings. The standard InChI is InChI=1S/C49H39N3O2/c1-30-23-26-38-44(27-30)54-41-20-9-18-39(45(38)41)48(36-25-24-32-13-5-6-14-33(32)29-36)51-49(52-50)40-19-10-22-43-47(40)46-37(17-8-21-42(46)53-43)35-16-7-15-34(28-35)31-11-3-2-4-12-31/h2-4,6-9,11-12,14-21,23-26,28-30H,5,10,13,22,27,50H2,1H3/b51-48-,52-49-. The number of rotatable bonds is 5. The molecule has 3 aliphatic carbocycles. The lowest BCUT2D eigenvalue weighted by atomic mass is 9.88. The Morgan fingerprint density at radius 1 is 0.722 bits per heavy atom. The van der Waals surface area contributed by atoms with E-state index in [0.29, 0.717) is 11.8 Å². The Morgan fingerprint density at radius 2 is 1.52 bits per heavy atom. The second kappa shape index (κ2) is 13.2. The van der Waals surface area contributed by atoms with Crippen molar-refractivity contribution in [2.75, 3.05) is 0 Å². The van der Waals surface area contributed by atoms with Crippen LogP contribution in [0.3, 0.4) is 0 Å². The molecule has 5 heteroatoms. The van der Waals surface area contributed by atoms with Crippen LogP contribution in [0.4, 0.5) is 0 Å². The van der Waals surface area contributed by atoms with Crippen LogP contribution in [0.15, 0.2) is 146 Å². The van der Waals surface area contributed by atoms with E-state index in [9.17, 15) is 0 Å². The summed E-state index contributed by atoms with van der Waals surface area (Å²) in [4.78, 5) is 5.48. The van der Waals surface area contributed by atoms with E-state index < -0.39 is 0 Å². The lowest BCUT2D eigenvalue weighted by Crippen LogP contribution is -2.14. The Kier molecular flexibility index (Phi) is 7.87. The molecule has 2 N–H and O–H groups in total. The van der Waals surface area contributed by atoms with Gasteiger partial charge < -0.3 is 14.7 Å². The molecular weight excluding hydrogens is 663 g/mol. The van der Waals surface area contributed by atoms with Gasteiger partial charge in [-0.25, -0.2) is 4.99 Å². The minimum absolute atomic E-state index is 0.418. The topological polar surface area (TPSA) is 77.0 Å². The van der Waals surface area contributed by atoms with Gasteiger partial charge in [0, 0.05) is 51.4 Å². The zero-order chi connectivity index (χ0) is 36.2. The number of nitrogens with zero attached hydrogens (tertiary/aromatic N) is 2. The third-order valence-corrected chi connectivity index (χ3v) is 11.1. The van der Waals surface area contributed by atoms with Crippen LogP contribution in [0.2, 0.25) is 0 Å². The molecule has 0 aliphatic heterocycles. The highest BCUT2D eigenvalue weighted by atomic mass is 16.3. The third-order valence-electron chi connectivity index (χ3n) is 11.1. The Hall–Kier alpha value is -6.46. The van der Waals surface area contributed by atoms with E-state index in [1.54, 1.807) is 0 Å². The summed E-state index contributed by atoms with van der Waals surface area (Å²) in [6.07, 6.45) is 15.7. The average Bonchev–Trinajstić information content (AvgIpc) is 3.80. The first-order valence-electron chi connectivity index (χ1n) is 18.9. The number of allylic oxidation sites excluding steroid dienone is 3. The minimum Gasteiger partial charge on any atom is -0.460 e. The van der Waals surface area contributed by atoms with Gasteiger partial charge >= 0.3 is 0 Å². The zero-order valence-corrected chi connectivity index (χ0v) is 30.2. The molecule has 5 aromatic carbocycles. The fourth-order valence-electron chi connectivity index (χ4n) is 8.53. The molecule has 0 saturated heterocycles. The van der Waals surface area contributed by atoms with Crippen molar-refractivity contribution in [2.45, 2.75) is 39.0 Å². The first kappa shape index (κ1) is 32.2. The number of furan rings is 2. The molecule has 0 amide bonds. The van der Waals surface area contributed by atoms with Crippen molar-refractivity contribution in [1.82, 2.24) is 0 Å². The number of amidine groups is 1. The van der Waals surface area contributed by atoms with E-state index in [1.165, 1.54) is 16.7 Å². The molecule has 0 spiro atoms. The van der Waals surface area contributed by atoms with Crippen molar-refractivity contribution in [3.8, 4) is 22.3 Å². The number of hydrogen-bond donors (Lipinski definition) is 1. The zero-order valence-electron chi connectivity index (χ0n) is 30.2. The van der Waals surface area contributed by atoms with Crippen molar-refractivity contribution in [2.24, 2.45) is 21.9 Å². The molecule has 2 aromatic heterocycles. The van der Waals surface area contributed by atoms with E-state index >= 15 is 0 Å². The molecule has 1 unspecified atom stereocenters. The van der Waals surface area contributed by atoms with Crippen molar-refractivity contribution in [3.05, 3.63) is 172 Å². The SMILES string of the molecule is CC1C=Cc2c(oc3cccc(/C(=N\C(=N/N)C4=CCCc5oc6cccc(-c7cccc(-c8ccccc8)c7)c6c54)c4ccc5c(c4)C=CCC5)c23)C1. The molecule has 0 bridgehead atoms. The van der Waals surface area contributed by atoms with Crippen LogP contribution in [0, 0.1) is 5.92 Å². The number of fused-ring (bicyclic) bond motifs is 7. The molecule has 0 radical (unpaired) electrons. The Labute approximate surface area is 314 Å². The van der Waals surface area contributed by atoms with Gasteiger partial charge in [0.1, 0.15) is 22.7 Å². The predicted octanol–water partition coefficient (Wildman–Crippen LogP) is 11.8. The van der Waals surface area contributed by atoms with Crippen LogP contribution in [0.25, 0.3) is 61.9 Å². The van der Waals surface area contributed by atoms with Gasteiger partial charge in [-0.05, 0) is 82.8 Å². The van der Waals surface area contributed by atoms with Gasteiger partial charge in [0.05, 0.1) is 5.71 Å². The lowest BCUT2D eigenvalue weighted by molar-refractivity contribution is 0.513. The van der Waals surface area contributed by atoms with Crippen molar-refractivity contribution < 1.29 is 8.83 Å². The normalized spacial score (nSPS) is 16.7. The van der Waals surface area contributed by atoms with Crippen molar-refractivity contribution in [1.29, 1.82) is 0 Å². The van der Waals surface area contributed by atoms with E-state index in [4.69, 9.17) is 19.7 Å². The number of aliphatic imine (C=N–C) groups is 1. The number of hydrazone groups is 1. The molecule has 1 atom stereocenters. The summed E-state index contributed by atoms with van der Waals surface area (Å²) in [5.74, 6) is 9.24. The summed E-state index contributed by atoms with van der Waals surface area (Å²) in [5.41, 5.74) is 14.6. The molecule has 0 saturated carbocycles.